The van der Waals surface area contributed by atoms with Crippen molar-refractivity contribution in [3.8, 4) is 6.07 Å². The van der Waals surface area contributed by atoms with Gasteiger partial charge in [-0.15, -0.1) is 0 Å². The predicted octanol–water partition coefficient (Wildman–Crippen LogP) is 1.92. The molecule has 1 aromatic rings. The normalized spacial score (nSPS) is 9.07. The number of rotatable bonds is 3. The molecule has 76 valence electrons. The molecule has 0 saturated heterocycles. The number of amides is 1. The lowest BCUT2D eigenvalue weighted by Crippen LogP contribution is -2.09. The van der Waals surface area contributed by atoms with E-state index in [4.69, 9.17) is 16.9 Å². The number of carbonyl (C=O) groups is 2. The van der Waals surface area contributed by atoms with E-state index < -0.39 is 5.24 Å². The van der Waals surface area contributed by atoms with Gasteiger partial charge in [0.05, 0.1) is 6.07 Å². The fourth-order valence-corrected chi connectivity index (χ4v) is 1.09. The molecule has 15 heavy (non-hydrogen) atoms. The van der Waals surface area contributed by atoms with Crippen molar-refractivity contribution in [1.82, 2.24) is 0 Å². The molecule has 0 fully saturated rings. The Bertz CT molecular complexity index is 420. The van der Waals surface area contributed by atoms with Gasteiger partial charge in [-0.05, 0) is 35.9 Å². The largest absolute Gasteiger partial charge is 0.325 e. The third-order valence-corrected chi connectivity index (χ3v) is 1.85. The maximum atomic E-state index is 11.0. The minimum absolute atomic E-state index is 0.198. The van der Waals surface area contributed by atoms with Crippen molar-refractivity contribution >= 4 is 28.4 Å². The zero-order valence-electron chi connectivity index (χ0n) is 7.66. The molecule has 0 atom stereocenters. The van der Waals surface area contributed by atoms with Gasteiger partial charge in [0.2, 0.25) is 5.91 Å². The number of carbonyl (C=O) groups excluding carboxylic acids is 2. The van der Waals surface area contributed by atoms with Crippen LogP contribution in [0.2, 0.25) is 0 Å². The second-order valence-corrected chi connectivity index (χ2v) is 3.08. The highest BCUT2D eigenvalue weighted by molar-refractivity contribution is 6.67. The molecule has 1 aromatic carbocycles. The van der Waals surface area contributed by atoms with Crippen LogP contribution in [0.25, 0.3) is 0 Å². The van der Waals surface area contributed by atoms with Gasteiger partial charge in [0.25, 0.3) is 5.24 Å². The van der Waals surface area contributed by atoms with Crippen molar-refractivity contribution in [2.45, 2.75) is 6.42 Å². The summed E-state index contributed by atoms with van der Waals surface area (Å²) in [6, 6.07) is 7.82. The minimum atomic E-state index is -0.551. The predicted molar refractivity (Wildman–Crippen MR) is 55.5 cm³/mol. The van der Waals surface area contributed by atoms with Gasteiger partial charge in [0.15, 0.2) is 0 Å². The number of anilines is 1. The number of benzene rings is 1. The second kappa shape index (κ2) is 5.13. The average molecular weight is 223 g/mol. The van der Waals surface area contributed by atoms with Crippen LogP contribution in [0, 0.1) is 11.3 Å². The van der Waals surface area contributed by atoms with Crippen LogP contribution in [0.3, 0.4) is 0 Å². The topological polar surface area (TPSA) is 70.0 Å². The smallest absolute Gasteiger partial charge is 0.252 e. The molecule has 1 N–H and O–H groups in total. The van der Waals surface area contributed by atoms with Crippen LogP contribution in [0.5, 0.6) is 0 Å². The molecule has 0 bridgehead atoms. The summed E-state index contributed by atoms with van der Waals surface area (Å²) in [5, 5.41) is 10.2. The van der Waals surface area contributed by atoms with E-state index in [2.05, 4.69) is 5.32 Å². The van der Waals surface area contributed by atoms with Crippen molar-refractivity contribution in [2.75, 3.05) is 5.32 Å². The summed E-state index contributed by atoms with van der Waals surface area (Å²) in [5.74, 6) is -0.387. The number of halogens is 1. The number of nitrogens with one attached hydrogen (secondary N) is 1. The molecule has 0 radical (unpaired) electrons. The summed E-state index contributed by atoms with van der Waals surface area (Å²) >= 11 is 5.24. The van der Waals surface area contributed by atoms with E-state index in [1.807, 2.05) is 0 Å². The van der Waals surface area contributed by atoms with Crippen molar-refractivity contribution < 1.29 is 9.59 Å². The first-order chi connectivity index (χ1) is 7.13. The first-order valence-corrected chi connectivity index (χ1v) is 4.48. The molecule has 5 heteroatoms. The monoisotopic (exact) mass is 222 g/mol. The molecular formula is C10H7ClN2O2. The molecule has 1 rings (SSSR count). The Labute approximate surface area is 91.5 Å². The molecule has 0 aliphatic carbocycles. The summed E-state index contributed by atoms with van der Waals surface area (Å²) in [4.78, 5) is 21.7. The van der Waals surface area contributed by atoms with E-state index in [0.717, 1.165) is 0 Å². The SMILES string of the molecule is N#CCC(=O)Nc1ccc(C(=O)Cl)cc1. The molecule has 0 unspecified atom stereocenters. The fourth-order valence-electron chi connectivity index (χ4n) is 0.962. The average Bonchev–Trinajstić information content (AvgIpc) is 2.18. The van der Waals surface area contributed by atoms with Gasteiger partial charge >= 0.3 is 0 Å². The molecule has 0 heterocycles. The Balaban J connectivity index is 2.69. The van der Waals surface area contributed by atoms with Crippen molar-refractivity contribution in [3.05, 3.63) is 29.8 Å². The Morgan fingerprint density at radius 2 is 1.93 bits per heavy atom. The van der Waals surface area contributed by atoms with Crippen LogP contribution < -0.4 is 5.32 Å². The number of nitriles is 1. The highest BCUT2D eigenvalue weighted by atomic mass is 35.5. The third-order valence-electron chi connectivity index (χ3n) is 1.64. The zero-order chi connectivity index (χ0) is 11.3. The molecule has 0 aliphatic rings. The Kier molecular flexibility index (Phi) is 3.83. The van der Waals surface area contributed by atoms with Gasteiger partial charge in [0, 0.05) is 11.3 Å². The minimum Gasteiger partial charge on any atom is -0.325 e. The molecule has 1 amide bonds. The fraction of sp³-hybridized carbons (Fsp3) is 0.100. The van der Waals surface area contributed by atoms with Gasteiger partial charge in [-0.2, -0.15) is 5.26 Å². The molecule has 0 aromatic heterocycles. The van der Waals surface area contributed by atoms with Gasteiger partial charge in [-0.1, -0.05) is 0 Å². The molecule has 0 saturated carbocycles. The lowest BCUT2D eigenvalue weighted by Gasteiger charge is -2.02. The van der Waals surface area contributed by atoms with Crippen molar-refractivity contribution in [2.24, 2.45) is 0 Å². The zero-order valence-corrected chi connectivity index (χ0v) is 8.41. The van der Waals surface area contributed by atoms with Crippen LogP contribution in [0.15, 0.2) is 24.3 Å². The van der Waals surface area contributed by atoms with E-state index in [9.17, 15) is 9.59 Å². The van der Waals surface area contributed by atoms with Gasteiger partial charge in [0.1, 0.15) is 6.42 Å². The lowest BCUT2D eigenvalue weighted by atomic mass is 10.2. The van der Waals surface area contributed by atoms with Crippen LogP contribution in [0.4, 0.5) is 5.69 Å². The molecule has 0 spiro atoms. The summed E-state index contributed by atoms with van der Waals surface area (Å²) in [5.41, 5.74) is 0.881. The van der Waals surface area contributed by atoms with E-state index in [-0.39, 0.29) is 12.3 Å². The van der Waals surface area contributed by atoms with E-state index in [0.29, 0.717) is 11.3 Å². The van der Waals surface area contributed by atoms with Crippen LogP contribution in [-0.4, -0.2) is 11.1 Å². The Morgan fingerprint density at radius 3 is 2.40 bits per heavy atom. The van der Waals surface area contributed by atoms with Gasteiger partial charge < -0.3 is 5.32 Å². The first-order valence-electron chi connectivity index (χ1n) is 4.10. The first kappa shape index (κ1) is 11.2. The van der Waals surface area contributed by atoms with E-state index >= 15 is 0 Å². The highest BCUT2D eigenvalue weighted by Crippen LogP contribution is 2.11. The second-order valence-electron chi connectivity index (χ2n) is 2.73. The van der Waals surface area contributed by atoms with Crippen LogP contribution >= 0.6 is 11.6 Å². The van der Waals surface area contributed by atoms with E-state index in [1.54, 1.807) is 18.2 Å². The van der Waals surface area contributed by atoms with E-state index in [1.165, 1.54) is 12.1 Å². The Hall–Kier alpha value is -1.86. The third kappa shape index (κ3) is 3.41. The molecule has 0 aliphatic heterocycles. The number of hydrogen-bond donors (Lipinski definition) is 1. The Morgan fingerprint density at radius 1 is 1.33 bits per heavy atom. The summed E-state index contributed by atoms with van der Waals surface area (Å²) < 4.78 is 0. The van der Waals surface area contributed by atoms with Crippen molar-refractivity contribution in [3.63, 3.8) is 0 Å². The van der Waals surface area contributed by atoms with Crippen molar-refractivity contribution in [1.29, 1.82) is 5.26 Å². The quantitative estimate of drug-likeness (QED) is 0.795. The molecule has 4 nitrogen and oxygen atoms in total. The van der Waals surface area contributed by atoms with Crippen LogP contribution in [0.1, 0.15) is 16.8 Å². The number of nitrogens with zero attached hydrogens (tertiary/aromatic N) is 1. The maximum Gasteiger partial charge on any atom is 0.252 e. The number of hydrogen-bond acceptors (Lipinski definition) is 3. The summed E-state index contributed by atoms with van der Waals surface area (Å²) in [6.45, 7) is 0. The van der Waals surface area contributed by atoms with Crippen LogP contribution in [-0.2, 0) is 4.79 Å². The van der Waals surface area contributed by atoms with Gasteiger partial charge in [-0.3, -0.25) is 9.59 Å². The molecular weight excluding hydrogens is 216 g/mol. The van der Waals surface area contributed by atoms with Gasteiger partial charge in [-0.25, -0.2) is 0 Å². The maximum absolute atomic E-state index is 11.0. The summed E-state index contributed by atoms with van der Waals surface area (Å²) in [6.07, 6.45) is -0.198. The lowest BCUT2D eigenvalue weighted by molar-refractivity contribution is -0.115. The summed E-state index contributed by atoms with van der Waals surface area (Å²) in [7, 11) is 0. The standard InChI is InChI=1S/C10H7ClN2O2/c11-10(15)7-1-3-8(4-2-7)13-9(14)5-6-12/h1-4H,5H2,(H,13,14). The highest BCUT2D eigenvalue weighted by Gasteiger charge is 2.03.